The number of anilines is 2. The molecule has 3 aromatic carbocycles. The van der Waals surface area contributed by atoms with Gasteiger partial charge in [-0.2, -0.15) is 0 Å². The molecule has 1 aliphatic heterocycles. The molecular formula is C24H20N2O4S. The van der Waals surface area contributed by atoms with Crippen LogP contribution in [0.15, 0.2) is 77.7 Å². The molecule has 0 fully saturated rings. The van der Waals surface area contributed by atoms with Crippen LogP contribution in [-0.4, -0.2) is 35.2 Å². The number of hydrogen-bond acceptors (Lipinski definition) is 4. The third-order valence-electron chi connectivity index (χ3n) is 5.06. The predicted molar refractivity (Wildman–Crippen MR) is 121 cm³/mol. The van der Waals surface area contributed by atoms with E-state index in [1.807, 2.05) is 35.2 Å². The average molecular weight is 433 g/mol. The summed E-state index contributed by atoms with van der Waals surface area (Å²) in [6.45, 7) is 0.710. The molecule has 3 aromatic rings. The number of thioether (sulfide) groups is 1. The molecule has 1 heterocycles. The van der Waals surface area contributed by atoms with Crippen LogP contribution >= 0.6 is 11.8 Å². The van der Waals surface area contributed by atoms with E-state index >= 15 is 0 Å². The Hall–Kier alpha value is -3.58. The molecular weight excluding hydrogens is 412 g/mol. The lowest BCUT2D eigenvalue weighted by Crippen LogP contribution is -2.30. The Morgan fingerprint density at radius 3 is 2.32 bits per heavy atom. The smallest absolute Gasteiger partial charge is 0.336 e. The Bertz CT molecular complexity index is 1140. The van der Waals surface area contributed by atoms with Crippen LogP contribution in [0.1, 0.15) is 26.3 Å². The zero-order valence-corrected chi connectivity index (χ0v) is 17.4. The van der Waals surface area contributed by atoms with E-state index < -0.39 is 11.9 Å². The third-order valence-corrected chi connectivity index (χ3v) is 6.06. The van der Waals surface area contributed by atoms with Gasteiger partial charge in [-0.25, -0.2) is 4.79 Å². The van der Waals surface area contributed by atoms with Crippen molar-refractivity contribution in [3.8, 4) is 0 Å². The Balaban J connectivity index is 1.35. The van der Waals surface area contributed by atoms with Crippen molar-refractivity contribution in [3.05, 3.63) is 89.5 Å². The standard InChI is InChI=1S/C24H20N2O4S/c27-22(26-14-13-16-5-1-4-8-21(16)26)15-31-18-11-9-17(10-12-18)25-23(28)19-6-2-3-7-20(19)24(29)30/h1-12H,13-15H2,(H,25,28)(H,29,30). The van der Waals surface area contributed by atoms with Crippen LogP contribution in [0.2, 0.25) is 0 Å². The summed E-state index contributed by atoms with van der Waals surface area (Å²) < 4.78 is 0. The van der Waals surface area contributed by atoms with Gasteiger partial charge < -0.3 is 15.3 Å². The lowest BCUT2D eigenvalue weighted by molar-refractivity contribution is -0.116. The van der Waals surface area contributed by atoms with Crippen LogP contribution in [-0.2, 0) is 11.2 Å². The van der Waals surface area contributed by atoms with Crippen LogP contribution in [0.3, 0.4) is 0 Å². The number of amides is 2. The van der Waals surface area contributed by atoms with Gasteiger partial charge in [0, 0.05) is 22.8 Å². The second-order valence-corrected chi connectivity index (χ2v) is 8.09. The minimum absolute atomic E-state index is 0.0471. The number of carboxylic acid groups (broad SMARTS) is 1. The van der Waals surface area contributed by atoms with Gasteiger partial charge in [-0.05, 0) is 54.4 Å². The molecule has 0 aromatic heterocycles. The lowest BCUT2D eigenvalue weighted by atomic mass is 10.1. The van der Waals surface area contributed by atoms with Crippen LogP contribution in [0.25, 0.3) is 0 Å². The summed E-state index contributed by atoms with van der Waals surface area (Å²) in [5.41, 5.74) is 2.80. The van der Waals surface area contributed by atoms with Crippen LogP contribution < -0.4 is 10.2 Å². The summed E-state index contributed by atoms with van der Waals surface area (Å²) in [4.78, 5) is 39.1. The van der Waals surface area contributed by atoms with Gasteiger partial charge in [0.2, 0.25) is 5.91 Å². The fourth-order valence-corrected chi connectivity index (χ4v) is 4.30. The van der Waals surface area contributed by atoms with Gasteiger partial charge in [0.25, 0.3) is 5.91 Å². The van der Waals surface area contributed by atoms with Gasteiger partial charge in [0.15, 0.2) is 0 Å². The average Bonchev–Trinajstić information content (AvgIpc) is 3.22. The highest BCUT2D eigenvalue weighted by molar-refractivity contribution is 8.00. The van der Waals surface area contributed by atoms with E-state index in [0.29, 0.717) is 18.0 Å². The molecule has 6 nitrogen and oxygen atoms in total. The summed E-state index contributed by atoms with van der Waals surface area (Å²) in [7, 11) is 0. The predicted octanol–water partition coefficient (Wildman–Crippen LogP) is 4.32. The highest BCUT2D eigenvalue weighted by Crippen LogP contribution is 2.29. The highest BCUT2D eigenvalue weighted by Gasteiger charge is 2.23. The van der Waals surface area contributed by atoms with Crippen molar-refractivity contribution in [2.24, 2.45) is 0 Å². The van der Waals surface area contributed by atoms with Crippen molar-refractivity contribution >= 4 is 40.9 Å². The van der Waals surface area contributed by atoms with Crippen molar-refractivity contribution in [3.63, 3.8) is 0 Å². The van der Waals surface area contributed by atoms with Gasteiger partial charge in [-0.15, -0.1) is 11.8 Å². The molecule has 31 heavy (non-hydrogen) atoms. The van der Waals surface area contributed by atoms with Gasteiger partial charge in [-0.1, -0.05) is 30.3 Å². The number of rotatable bonds is 6. The molecule has 0 atom stereocenters. The topological polar surface area (TPSA) is 86.7 Å². The monoisotopic (exact) mass is 432 g/mol. The highest BCUT2D eigenvalue weighted by atomic mass is 32.2. The number of hydrogen-bond donors (Lipinski definition) is 2. The molecule has 0 bridgehead atoms. The molecule has 0 spiro atoms. The van der Waals surface area contributed by atoms with E-state index in [1.165, 1.54) is 29.5 Å². The summed E-state index contributed by atoms with van der Waals surface area (Å²) in [5.74, 6) is -1.24. The first-order valence-electron chi connectivity index (χ1n) is 9.78. The number of carbonyl (C=O) groups is 3. The number of aromatic carboxylic acids is 1. The Morgan fingerprint density at radius 1 is 0.903 bits per heavy atom. The summed E-state index contributed by atoms with van der Waals surface area (Å²) in [5, 5.41) is 12.0. The van der Waals surface area contributed by atoms with Gasteiger partial charge in [0.1, 0.15) is 0 Å². The Kier molecular flexibility index (Phi) is 6.04. The van der Waals surface area contributed by atoms with Crippen molar-refractivity contribution in [2.45, 2.75) is 11.3 Å². The van der Waals surface area contributed by atoms with Gasteiger partial charge in [-0.3, -0.25) is 9.59 Å². The first-order valence-corrected chi connectivity index (χ1v) is 10.8. The van der Waals surface area contributed by atoms with Crippen LogP contribution in [0, 0.1) is 0 Å². The second-order valence-electron chi connectivity index (χ2n) is 7.04. The maximum Gasteiger partial charge on any atom is 0.336 e. The van der Waals surface area contributed by atoms with Crippen LogP contribution in [0.4, 0.5) is 11.4 Å². The molecule has 0 saturated carbocycles. The fourth-order valence-electron chi connectivity index (χ4n) is 3.52. The molecule has 7 heteroatoms. The van der Waals surface area contributed by atoms with E-state index in [-0.39, 0.29) is 17.0 Å². The molecule has 0 radical (unpaired) electrons. The minimum Gasteiger partial charge on any atom is -0.478 e. The Labute approximate surface area is 183 Å². The maximum atomic E-state index is 12.6. The number of nitrogens with one attached hydrogen (secondary N) is 1. The van der Waals surface area contributed by atoms with Crippen molar-refractivity contribution in [1.29, 1.82) is 0 Å². The van der Waals surface area contributed by atoms with Crippen molar-refractivity contribution < 1.29 is 19.5 Å². The van der Waals surface area contributed by atoms with Crippen molar-refractivity contribution in [2.75, 3.05) is 22.5 Å². The molecule has 2 N–H and O–H groups in total. The van der Waals surface area contributed by atoms with E-state index in [0.717, 1.165) is 17.0 Å². The van der Waals surface area contributed by atoms with E-state index in [2.05, 4.69) is 11.4 Å². The van der Waals surface area contributed by atoms with E-state index in [1.54, 1.807) is 24.3 Å². The lowest BCUT2D eigenvalue weighted by Gasteiger charge is -2.17. The number of para-hydroxylation sites is 1. The molecule has 156 valence electrons. The SMILES string of the molecule is O=C(O)c1ccccc1C(=O)Nc1ccc(SCC(=O)N2CCc3ccccc32)cc1. The first-order chi connectivity index (χ1) is 15.0. The molecule has 0 aliphatic carbocycles. The van der Waals surface area contributed by atoms with Gasteiger partial charge >= 0.3 is 5.97 Å². The first kappa shape index (κ1) is 20.7. The van der Waals surface area contributed by atoms with E-state index in [9.17, 15) is 19.5 Å². The second kappa shape index (κ2) is 9.06. The number of carbonyl (C=O) groups excluding carboxylic acids is 2. The fraction of sp³-hybridized carbons (Fsp3) is 0.125. The zero-order chi connectivity index (χ0) is 21.8. The summed E-state index contributed by atoms with van der Waals surface area (Å²) in [6.07, 6.45) is 0.881. The number of nitrogens with zero attached hydrogens (tertiary/aromatic N) is 1. The van der Waals surface area contributed by atoms with E-state index in [4.69, 9.17) is 0 Å². The summed E-state index contributed by atoms with van der Waals surface area (Å²) in [6, 6.07) is 21.2. The largest absolute Gasteiger partial charge is 0.478 e. The van der Waals surface area contributed by atoms with Crippen LogP contribution in [0.5, 0.6) is 0 Å². The molecule has 1 aliphatic rings. The number of carboxylic acids is 1. The quantitative estimate of drug-likeness (QED) is 0.567. The maximum absolute atomic E-state index is 12.6. The molecule has 4 rings (SSSR count). The van der Waals surface area contributed by atoms with Crippen molar-refractivity contribution in [1.82, 2.24) is 0 Å². The van der Waals surface area contributed by atoms with Gasteiger partial charge in [0.05, 0.1) is 16.9 Å². The third kappa shape index (κ3) is 4.62. The normalized spacial score (nSPS) is 12.3. The molecule has 0 saturated heterocycles. The molecule has 2 amide bonds. The molecule has 0 unspecified atom stereocenters. The minimum atomic E-state index is -1.15. The zero-order valence-electron chi connectivity index (χ0n) is 16.6. The number of fused-ring (bicyclic) bond motifs is 1. The summed E-state index contributed by atoms with van der Waals surface area (Å²) >= 11 is 1.44. The Morgan fingerprint density at radius 2 is 1.58 bits per heavy atom. The number of benzene rings is 3.